The highest BCUT2D eigenvalue weighted by Crippen LogP contribution is 2.14. The molecule has 0 radical (unpaired) electrons. The predicted octanol–water partition coefficient (Wildman–Crippen LogP) is 3.99. The summed E-state index contributed by atoms with van der Waals surface area (Å²) in [4.78, 5) is 24.5. The van der Waals surface area contributed by atoms with Gasteiger partial charge < -0.3 is 4.90 Å². The van der Waals surface area contributed by atoms with Gasteiger partial charge in [0.25, 0.3) is 5.69 Å². The highest BCUT2D eigenvalue weighted by molar-refractivity contribution is 6.06. The fourth-order valence-corrected chi connectivity index (χ4v) is 2.41. The molecule has 0 fully saturated rings. The zero-order valence-corrected chi connectivity index (χ0v) is 14.5. The van der Waals surface area contributed by atoms with Crippen molar-refractivity contribution in [3.63, 3.8) is 0 Å². The molecular weight excluding hydrogens is 316 g/mol. The highest BCUT2D eigenvalue weighted by atomic mass is 16.6. The Balaban J connectivity index is 1.94. The first-order valence-corrected chi connectivity index (χ1v) is 8.16. The standard InChI is InChI=1S/C20H22N2O3/c1-21(2)15-3-4-16-5-10-18(11-6-16)20(23)14-9-17-7-12-19(13-8-17)22(24)25/h5-14H,3-4,15H2,1-2H3. The molecule has 2 rings (SSSR count). The van der Waals surface area contributed by atoms with Gasteiger partial charge in [0.05, 0.1) is 4.92 Å². The van der Waals surface area contributed by atoms with Crippen molar-refractivity contribution in [2.45, 2.75) is 12.8 Å². The zero-order chi connectivity index (χ0) is 18.2. The van der Waals surface area contributed by atoms with Gasteiger partial charge in [-0.3, -0.25) is 14.9 Å². The van der Waals surface area contributed by atoms with E-state index in [1.807, 2.05) is 24.3 Å². The van der Waals surface area contributed by atoms with E-state index in [4.69, 9.17) is 0 Å². The lowest BCUT2D eigenvalue weighted by Gasteiger charge is -2.08. The number of allylic oxidation sites excluding steroid dienone is 1. The number of rotatable bonds is 8. The second kappa shape index (κ2) is 8.89. The summed E-state index contributed by atoms with van der Waals surface area (Å²) in [6, 6.07) is 13.7. The third kappa shape index (κ3) is 5.97. The number of aryl methyl sites for hydroxylation is 1. The Morgan fingerprint density at radius 3 is 2.28 bits per heavy atom. The number of nitrogens with zero attached hydrogens (tertiary/aromatic N) is 2. The van der Waals surface area contributed by atoms with Crippen LogP contribution in [0.5, 0.6) is 0 Å². The van der Waals surface area contributed by atoms with Crippen molar-refractivity contribution in [2.75, 3.05) is 20.6 Å². The molecule has 0 aliphatic rings. The highest BCUT2D eigenvalue weighted by Gasteiger charge is 2.04. The van der Waals surface area contributed by atoms with Gasteiger partial charge in [0.15, 0.2) is 5.78 Å². The topological polar surface area (TPSA) is 63.5 Å². The van der Waals surface area contributed by atoms with Crippen LogP contribution in [0, 0.1) is 10.1 Å². The predicted molar refractivity (Wildman–Crippen MR) is 99.8 cm³/mol. The summed E-state index contributed by atoms with van der Waals surface area (Å²) in [5.41, 5.74) is 2.64. The summed E-state index contributed by atoms with van der Waals surface area (Å²) in [5, 5.41) is 10.6. The van der Waals surface area contributed by atoms with E-state index in [0.29, 0.717) is 5.56 Å². The molecule has 0 atom stereocenters. The maximum Gasteiger partial charge on any atom is 0.269 e. The SMILES string of the molecule is CN(C)CCCc1ccc(C(=O)C=Cc2ccc([N+](=O)[O-])cc2)cc1. The molecule has 0 saturated heterocycles. The maximum absolute atomic E-state index is 12.2. The van der Waals surface area contributed by atoms with Gasteiger partial charge in [0.1, 0.15) is 0 Å². The van der Waals surface area contributed by atoms with Gasteiger partial charge in [-0.05, 0) is 62.8 Å². The minimum atomic E-state index is -0.446. The lowest BCUT2D eigenvalue weighted by Crippen LogP contribution is -2.13. The zero-order valence-electron chi connectivity index (χ0n) is 14.5. The van der Waals surface area contributed by atoms with E-state index in [2.05, 4.69) is 19.0 Å². The maximum atomic E-state index is 12.2. The molecule has 0 heterocycles. The molecule has 5 nitrogen and oxygen atoms in total. The normalized spacial score (nSPS) is 11.2. The Morgan fingerprint density at radius 2 is 1.72 bits per heavy atom. The minimum absolute atomic E-state index is 0.0355. The Morgan fingerprint density at radius 1 is 1.08 bits per heavy atom. The van der Waals surface area contributed by atoms with E-state index in [1.165, 1.54) is 23.8 Å². The first-order chi connectivity index (χ1) is 12.0. The second-order valence-electron chi connectivity index (χ2n) is 6.15. The van der Waals surface area contributed by atoms with E-state index in [9.17, 15) is 14.9 Å². The number of nitro benzene ring substituents is 1. The number of carbonyl (C=O) groups is 1. The molecule has 0 aliphatic heterocycles. The van der Waals surface area contributed by atoms with Gasteiger partial charge in [0, 0.05) is 17.7 Å². The van der Waals surface area contributed by atoms with Gasteiger partial charge in [-0.1, -0.05) is 30.3 Å². The Bertz CT molecular complexity index is 748. The number of nitro groups is 1. The minimum Gasteiger partial charge on any atom is -0.309 e. The number of ketones is 1. The van der Waals surface area contributed by atoms with Crippen LogP contribution in [0.2, 0.25) is 0 Å². The molecule has 0 aliphatic carbocycles. The molecule has 0 aromatic heterocycles. The lowest BCUT2D eigenvalue weighted by molar-refractivity contribution is -0.384. The summed E-state index contributed by atoms with van der Waals surface area (Å²) in [7, 11) is 4.11. The Labute approximate surface area is 147 Å². The van der Waals surface area contributed by atoms with Crippen LogP contribution in [0.4, 0.5) is 5.69 Å². The monoisotopic (exact) mass is 338 g/mol. The first kappa shape index (κ1) is 18.5. The summed E-state index contributed by atoms with van der Waals surface area (Å²) in [6.45, 7) is 1.04. The lowest BCUT2D eigenvalue weighted by atomic mass is 10.0. The van der Waals surface area contributed by atoms with E-state index in [1.54, 1.807) is 18.2 Å². The molecule has 0 saturated carbocycles. The van der Waals surface area contributed by atoms with Gasteiger partial charge in [0.2, 0.25) is 0 Å². The smallest absolute Gasteiger partial charge is 0.269 e. The Hall–Kier alpha value is -2.79. The first-order valence-electron chi connectivity index (χ1n) is 8.16. The third-order valence-corrected chi connectivity index (χ3v) is 3.84. The summed E-state index contributed by atoms with van der Waals surface area (Å²) >= 11 is 0. The number of hydrogen-bond donors (Lipinski definition) is 0. The largest absolute Gasteiger partial charge is 0.309 e. The van der Waals surface area contributed by atoms with Gasteiger partial charge in [-0.25, -0.2) is 0 Å². The van der Waals surface area contributed by atoms with Crippen LogP contribution in [-0.4, -0.2) is 36.2 Å². The van der Waals surface area contributed by atoms with Crippen molar-refractivity contribution in [2.24, 2.45) is 0 Å². The van der Waals surface area contributed by atoms with E-state index < -0.39 is 4.92 Å². The molecule has 5 heteroatoms. The quantitative estimate of drug-likeness (QED) is 0.316. The summed E-state index contributed by atoms with van der Waals surface area (Å²) in [6.07, 6.45) is 5.23. The molecule has 2 aromatic rings. The second-order valence-corrected chi connectivity index (χ2v) is 6.15. The molecular formula is C20H22N2O3. The number of benzene rings is 2. The fraction of sp³-hybridized carbons (Fsp3) is 0.250. The molecule has 0 bridgehead atoms. The molecule has 25 heavy (non-hydrogen) atoms. The van der Waals surface area contributed by atoms with Crippen LogP contribution in [-0.2, 0) is 6.42 Å². The van der Waals surface area contributed by atoms with Crippen molar-refractivity contribution in [1.29, 1.82) is 0 Å². The van der Waals surface area contributed by atoms with Crippen molar-refractivity contribution in [1.82, 2.24) is 4.90 Å². The molecule has 0 spiro atoms. The van der Waals surface area contributed by atoms with Crippen molar-refractivity contribution in [3.8, 4) is 0 Å². The number of hydrogen-bond acceptors (Lipinski definition) is 4. The number of carbonyl (C=O) groups excluding carboxylic acids is 1. The molecule has 0 N–H and O–H groups in total. The van der Waals surface area contributed by atoms with Crippen LogP contribution in [0.3, 0.4) is 0 Å². The van der Waals surface area contributed by atoms with E-state index >= 15 is 0 Å². The average molecular weight is 338 g/mol. The summed E-state index contributed by atoms with van der Waals surface area (Å²) < 4.78 is 0. The van der Waals surface area contributed by atoms with E-state index in [-0.39, 0.29) is 11.5 Å². The molecule has 130 valence electrons. The Kier molecular flexibility index (Phi) is 6.60. The van der Waals surface area contributed by atoms with Crippen LogP contribution in [0.1, 0.15) is 27.9 Å². The van der Waals surface area contributed by atoms with Gasteiger partial charge >= 0.3 is 0 Å². The average Bonchev–Trinajstić information content (AvgIpc) is 2.60. The van der Waals surface area contributed by atoms with Crippen LogP contribution < -0.4 is 0 Å². The summed E-state index contributed by atoms with van der Waals surface area (Å²) in [5.74, 6) is -0.0850. The van der Waals surface area contributed by atoms with Crippen LogP contribution >= 0.6 is 0 Å². The van der Waals surface area contributed by atoms with Crippen molar-refractivity contribution < 1.29 is 9.72 Å². The molecule has 0 unspecified atom stereocenters. The van der Waals surface area contributed by atoms with Gasteiger partial charge in [-0.2, -0.15) is 0 Å². The van der Waals surface area contributed by atoms with Crippen molar-refractivity contribution in [3.05, 3.63) is 81.4 Å². The van der Waals surface area contributed by atoms with Crippen LogP contribution in [0.25, 0.3) is 6.08 Å². The van der Waals surface area contributed by atoms with Gasteiger partial charge in [-0.15, -0.1) is 0 Å². The van der Waals surface area contributed by atoms with Crippen molar-refractivity contribution >= 4 is 17.5 Å². The molecule has 2 aromatic carbocycles. The van der Waals surface area contributed by atoms with Crippen LogP contribution in [0.15, 0.2) is 54.6 Å². The third-order valence-electron chi connectivity index (χ3n) is 3.84. The van der Waals surface area contributed by atoms with E-state index in [0.717, 1.165) is 24.9 Å². The number of non-ortho nitro benzene ring substituents is 1. The fourth-order valence-electron chi connectivity index (χ4n) is 2.41. The molecule has 0 amide bonds.